The van der Waals surface area contributed by atoms with Crippen LogP contribution in [0.1, 0.15) is 66.6 Å². The molecule has 3 aromatic rings. The van der Waals surface area contributed by atoms with E-state index in [1.165, 1.54) is 0 Å². The molecular weight excluding hydrogens is 456 g/mol. The molecule has 9 heteroatoms. The molecule has 0 fully saturated rings. The molecule has 1 aromatic heterocycles. The molecule has 3 amide bonds. The summed E-state index contributed by atoms with van der Waals surface area (Å²) < 4.78 is 5.82. The van der Waals surface area contributed by atoms with Crippen LogP contribution in [0.25, 0.3) is 0 Å². The zero-order valence-corrected chi connectivity index (χ0v) is 19.5. The minimum Gasteiger partial charge on any atom is -0.455 e. The first-order valence-electron chi connectivity index (χ1n) is 10.8. The number of hydrogen-bond acceptors (Lipinski definition) is 5. The molecule has 0 saturated carbocycles. The number of fused-ring (bicyclic) bond motifs is 1. The Morgan fingerprint density at radius 2 is 1.62 bits per heavy atom. The lowest BCUT2D eigenvalue weighted by molar-refractivity contribution is 0.0829. The number of nitrogens with one attached hydrogen (secondary N) is 3. The van der Waals surface area contributed by atoms with Crippen molar-refractivity contribution >= 4 is 35.0 Å². The quantitative estimate of drug-likeness (QED) is 0.490. The van der Waals surface area contributed by atoms with Crippen LogP contribution in [0, 0.1) is 13.8 Å². The SMILES string of the molecule is Cc1ccccc1C(=O)N/N=C1\CCCc2oc(C(=O)NNC(=O)c3ccc(Cl)cc3)c(C)c21. The smallest absolute Gasteiger partial charge is 0.305 e. The van der Waals surface area contributed by atoms with Gasteiger partial charge in [-0.3, -0.25) is 25.2 Å². The van der Waals surface area contributed by atoms with Crippen molar-refractivity contribution in [3.05, 3.63) is 92.9 Å². The molecule has 0 spiro atoms. The highest BCUT2D eigenvalue weighted by Crippen LogP contribution is 2.29. The number of hydrazine groups is 1. The highest BCUT2D eigenvalue weighted by Gasteiger charge is 2.28. The average molecular weight is 479 g/mol. The fraction of sp³-hybridized carbons (Fsp3) is 0.200. The first-order chi connectivity index (χ1) is 16.3. The number of amides is 3. The van der Waals surface area contributed by atoms with Gasteiger partial charge in [-0.1, -0.05) is 29.8 Å². The number of aryl methyl sites for hydroxylation is 2. The average Bonchev–Trinajstić information content (AvgIpc) is 3.18. The lowest BCUT2D eigenvalue weighted by Crippen LogP contribution is -2.41. The van der Waals surface area contributed by atoms with Crippen LogP contribution in [0.15, 0.2) is 58.0 Å². The maximum absolute atomic E-state index is 12.7. The van der Waals surface area contributed by atoms with E-state index < -0.39 is 11.8 Å². The molecule has 3 N–H and O–H groups in total. The van der Waals surface area contributed by atoms with Crippen molar-refractivity contribution in [1.82, 2.24) is 16.3 Å². The van der Waals surface area contributed by atoms with Crippen LogP contribution in [-0.4, -0.2) is 23.4 Å². The first-order valence-corrected chi connectivity index (χ1v) is 11.1. The van der Waals surface area contributed by atoms with Crippen LogP contribution in [0.5, 0.6) is 0 Å². The molecule has 0 saturated heterocycles. The lowest BCUT2D eigenvalue weighted by atomic mass is 9.93. The molecule has 1 heterocycles. The number of carbonyl (C=O) groups is 3. The summed E-state index contributed by atoms with van der Waals surface area (Å²) in [5.74, 6) is -0.664. The van der Waals surface area contributed by atoms with Gasteiger partial charge in [-0.25, -0.2) is 5.43 Å². The number of rotatable bonds is 4. The number of hydrogen-bond donors (Lipinski definition) is 3. The Hall–Kier alpha value is -3.91. The van der Waals surface area contributed by atoms with E-state index in [1.807, 2.05) is 19.1 Å². The number of hydrazone groups is 1. The summed E-state index contributed by atoms with van der Waals surface area (Å²) in [4.78, 5) is 37.5. The minimum absolute atomic E-state index is 0.0845. The number of nitrogens with zero attached hydrogens (tertiary/aromatic N) is 1. The van der Waals surface area contributed by atoms with Crippen molar-refractivity contribution in [1.29, 1.82) is 0 Å². The maximum atomic E-state index is 12.7. The molecule has 0 aliphatic heterocycles. The van der Waals surface area contributed by atoms with Gasteiger partial charge < -0.3 is 4.42 Å². The largest absolute Gasteiger partial charge is 0.455 e. The molecule has 0 unspecified atom stereocenters. The third kappa shape index (κ3) is 4.87. The summed E-state index contributed by atoms with van der Waals surface area (Å²) in [5, 5.41) is 4.85. The third-order valence-electron chi connectivity index (χ3n) is 5.61. The molecule has 4 rings (SSSR count). The Bertz CT molecular complexity index is 1290. The molecule has 0 bridgehead atoms. The van der Waals surface area contributed by atoms with Crippen molar-refractivity contribution in [2.24, 2.45) is 5.10 Å². The predicted molar refractivity (Wildman–Crippen MR) is 128 cm³/mol. The van der Waals surface area contributed by atoms with Crippen LogP contribution < -0.4 is 16.3 Å². The number of halogens is 1. The van der Waals surface area contributed by atoms with Crippen LogP contribution >= 0.6 is 11.6 Å². The summed E-state index contributed by atoms with van der Waals surface area (Å²) in [5.41, 5.74) is 11.1. The topological polar surface area (TPSA) is 113 Å². The predicted octanol–water partition coefficient (Wildman–Crippen LogP) is 4.10. The number of furan rings is 1. The summed E-state index contributed by atoms with van der Waals surface area (Å²) in [6.45, 7) is 3.61. The maximum Gasteiger partial charge on any atom is 0.305 e. The summed E-state index contributed by atoms with van der Waals surface area (Å²) in [6.07, 6.45) is 2.05. The van der Waals surface area contributed by atoms with Gasteiger partial charge in [-0.2, -0.15) is 5.10 Å². The van der Waals surface area contributed by atoms with Gasteiger partial charge in [-0.15, -0.1) is 0 Å². The Balaban J connectivity index is 1.48. The molecule has 0 atom stereocenters. The summed E-state index contributed by atoms with van der Waals surface area (Å²) in [6, 6.07) is 13.5. The molecule has 2 aromatic carbocycles. The highest BCUT2D eigenvalue weighted by molar-refractivity contribution is 6.30. The van der Waals surface area contributed by atoms with Gasteiger partial charge >= 0.3 is 5.91 Å². The Morgan fingerprint density at radius 3 is 2.35 bits per heavy atom. The Labute approximate surface area is 201 Å². The molecule has 1 aliphatic carbocycles. The van der Waals surface area contributed by atoms with E-state index in [0.29, 0.717) is 51.6 Å². The fourth-order valence-corrected chi connectivity index (χ4v) is 3.97. The zero-order valence-electron chi connectivity index (χ0n) is 18.7. The van der Waals surface area contributed by atoms with Gasteiger partial charge in [0.1, 0.15) is 5.76 Å². The van der Waals surface area contributed by atoms with E-state index in [-0.39, 0.29) is 11.7 Å². The van der Waals surface area contributed by atoms with Crippen molar-refractivity contribution in [3.63, 3.8) is 0 Å². The van der Waals surface area contributed by atoms with E-state index in [2.05, 4.69) is 21.4 Å². The lowest BCUT2D eigenvalue weighted by Gasteiger charge is -2.13. The normalized spacial score (nSPS) is 13.8. The Kier molecular flexibility index (Phi) is 6.79. The second-order valence-electron chi connectivity index (χ2n) is 7.94. The van der Waals surface area contributed by atoms with Gasteiger partial charge in [0.15, 0.2) is 5.76 Å². The van der Waals surface area contributed by atoms with Gasteiger partial charge in [0.05, 0.1) is 5.71 Å². The van der Waals surface area contributed by atoms with Crippen molar-refractivity contribution in [3.8, 4) is 0 Å². The molecule has 0 radical (unpaired) electrons. The number of carbonyl (C=O) groups excluding carboxylic acids is 3. The molecule has 1 aliphatic rings. The van der Waals surface area contributed by atoms with Crippen LogP contribution in [0.2, 0.25) is 5.02 Å². The third-order valence-corrected chi connectivity index (χ3v) is 5.86. The van der Waals surface area contributed by atoms with Gasteiger partial charge in [0.2, 0.25) is 0 Å². The van der Waals surface area contributed by atoms with Crippen LogP contribution in [-0.2, 0) is 6.42 Å². The van der Waals surface area contributed by atoms with Gasteiger partial charge in [-0.05, 0) is 62.6 Å². The molecule has 174 valence electrons. The number of benzene rings is 2. The van der Waals surface area contributed by atoms with Crippen molar-refractivity contribution in [2.75, 3.05) is 0 Å². The van der Waals surface area contributed by atoms with E-state index in [9.17, 15) is 14.4 Å². The summed E-state index contributed by atoms with van der Waals surface area (Å²) >= 11 is 5.83. The monoisotopic (exact) mass is 478 g/mol. The van der Waals surface area contributed by atoms with Gasteiger partial charge in [0, 0.05) is 33.7 Å². The highest BCUT2D eigenvalue weighted by atomic mass is 35.5. The minimum atomic E-state index is -0.586. The second-order valence-corrected chi connectivity index (χ2v) is 8.37. The van der Waals surface area contributed by atoms with E-state index in [1.54, 1.807) is 43.3 Å². The molecule has 8 nitrogen and oxygen atoms in total. The van der Waals surface area contributed by atoms with E-state index in [4.69, 9.17) is 16.0 Å². The zero-order chi connectivity index (χ0) is 24.2. The van der Waals surface area contributed by atoms with Crippen molar-refractivity contribution < 1.29 is 18.8 Å². The second kappa shape index (κ2) is 9.93. The fourth-order valence-electron chi connectivity index (χ4n) is 3.85. The van der Waals surface area contributed by atoms with E-state index >= 15 is 0 Å². The van der Waals surface area contributed by atoms with Crippen molar-refractivity contribution in [2.45, 2.75) is 33.1 Å². The van der Waals surface area contributed by atoms with Crippen LogP contribution in [0.3, 0.4) is 0 Å². The van der Waals surface area contributed by atoms with E-state index in [0.717, 1.165) is 12.0 Å². The standard InChI is InChI=1S/C25H23ClN4O4/c1-14-6-3-4-7-18(14)24(32)29-27-19-8-5-9-20-21(19)15(2)22(34-20)25(33)30-28-23(31)16-10-12-17(26)13-11-16/h3-4,6-7,10-13H,5,8-9H2,1-2H3,(H,28,31)(H,29,32)(H,30,33)/b27-19+. The summed E-state index contributed by atoms with van der Waals surface area (Å²) in [7, 11) is 0. The molecule has 34 heavy (non-hydrogen) atoms. The Morgan fingerprint density at radius 1 is 0.912 bits per heavy atom. The van der Waals surface area contributed by atoms with Gasteiger partial charge in [0.25, 0.3) is 11.8 Å². The molecular formula is C25H23ClN4O4. The first kappa shape index (κ1) is 23.3. The van der Waals surface area contributed by atoms with Crippen LogP contribution in [0.4, 0.5) is 0 Å².